The average Bonchev–Trinajstić information content (AvgIpc) is 3.41. The molecule has 5 rings (SSSR count). The Hall–Kier alpha value is -3.98. The highest BCUT2D eigenvalue weighted by atomic mass is 32.2. The van der Waals surface area contributed by atoms with Gasteiger partial charge in [-0.2, -0.15) is 0 Å². The van der Waals surface area contributed by atoms with Crippen molar-refractivity contribution in [2.24, 2.45) is 0 Å². The van der Waals surface area contributed by atoms with Gasteiger partial charge in [0.1, 0.15) is 5.82 Å². The number of carbonyl (C=O) groups excluding carboxylic acids is 1. The maximum Gasteiger partial charge on any atom is 0.263 e. The van der Waals surface area contributed by atoms with Gasteiger partial charge in [0.15, 0.2) is 10.9 Å². The van der Waals surface area contributed by atoms with Crippen LogP contribution >= 0.6 is 11.8 Å². The van der Waals surface area contributed by atoms with Gasteiger partial charge in [-0.1, -0.05) is 42.1 Å². The van der Waals surface area contributed by atoms with Crippen LogP contribution in [0.15, 0.2) is 77.2 Å². The van der Waals surface area contributed by atoms with E-state index in [0.29, 0.717) is 38.8 Å². The van der Waals surface area contributed by atoms with Gasteiger partial charge in [0.25, 0.3) is 5.56 Å². The highest BCUT2D eigenvalue weighted by molar-refractivity contribution is 7.99. The summed E-state index contributed by atoms with van der Waals surface area (Å²) in [6, 6.07) is 15.5. The molecule has 9 heteroatoms. The molecular weight excluding hydrogens is 465 g/mol. The zero-order valence-electron chi connectivity index (χ0n) is 19.2. The van der Waals surface area contributed by atoms with Crippen molar-refractivity contribution < 1.29 is 9.18 Å². The summed E-state index contributed by atoms with van der Waals surface area (Å²) in [5.74, 6) is 0.0413. The van der Waals surface area contributed by atoms with Gasteiger partial charge < -0.3 is 4.57 Å². The topological polar surface area (TPSA) is 74.2 Å². The SMILES string of the molecule is C=CCn1c(=O)c2ccccc2n2c(SCC(=O)c3cc(C)n(-c4ccccc4F)c3C)nnc12. The Kier molecular flexibility index (Phi) is 5.86. The number of allylic oxidation sites excluding steroid dienone is 1. The second kappa shape index (κ2) is 8.99. The molecule has 0 radical (unpaired) electrons. The first kappa shape index (κ1) is 22.8. The minimum atomic E-state index is -0.352. The van der Waals surface area contributed by atoms with Crippen molar-refractivity contribution in [1.82, 2.24) is 23.7 Å². The van der Waals surface area contributed by atoms with Crippen molar-refractivity contribution in [3.8, 4) is 5.69 Å². The van der Waals surface area contributed by atoms with Crippen LogP contribution in [0.1, 0.15) is 21.7 Å². The molecule has 0 saturated heterocycles. The Morgan fingerprint density at radius 2 is 1.86 bits per heavy atom. The molecule has 0 spiro atoms. The lowest BCUT2D eigenvalue weighted by molar-refractivity contribution is 0.102. The zero-order chi connectivity index (χ0) is 24.7. The van der Waals surface area contributed by atoms with Gasteiger partial charge in [0, 0.05) is 23.5 Å². The van der Waals surface area contributed by atoms with Gasteiger partial charge in [0.05, 0.1) is 22.3 Å². The highest BCUT2D eigenvalue weighted by Crippen LogP contribution is 2.26. The van der Waals surface area contributed by atoms with Crippen molar-refractivity contribution in [1.29, 1.82) is 0 Å². The van der Waals surface area contributed by atoms with Crippen LogP contribution in [0.2, 0.25) is 0 Å². The molecule has 0 saturated carbocycles. The van der Waals surface area contributed by atoms with Crippen LogP contribution in [0.5, 0.6) is 0 Å². The Morgan fingerprint density at radius 3 is 2.63 bits per heavy atom. The molecule has 0 aliphatic heterocycles. The summed E-state index contributed by atoms with van der Waals surface area (Å²) in [5, 5.41) is 9.54. The summed E-state index contributed by atoms with van der Waals surface area (Å²) >= 11 is 1.25. The second-order valence-electron chi connectivity index (χ2n) is 8.12. The zero-order valence-corrected chi connectivity index (χ0v) is 20.1. The quantitative estimate of drug-likeness (QED) is 0.188. The Morgan fingerprint density at radius 1 is 1.11 bits per heavy atom. The first-order valence-corrected chi connectivity index (χ1v) is 12.0. The lowest BCUT2D eigenvalue weighted by Crippen LogP contribution is -2.22. The van der Waals surface area contributed by atoms with E-state index in [1.807, 2.05) is 26.0 Å². The number of fused-ring (bicyclic) bond motifs is 3. The minimum Gasteiger partial charge on any atom is -0.315 e. The number of hydrogen-bond acceptors (Lipinski definition) is 5. The molecular formula is C26H22FN5O2S. The number of ketones is 1. The number of thioether (sulfide) groups is 1. The molecule has 0 bridgehead atoms. The van der Waals surface area contributed by atoms with Crippen LogP contribution < -0.4 is 5.56 Å². The molecule has 5 aromatic rings. The molecule has 0 aliphatic carbocycles. The Bertz CT molecular complexity index is 1680. The summed E-state index contributed by atoms with van der Waals surface area (Å²) in [7, 11) is 0. The molecule has 0 fully saturated rings. The van der Waals surface area contributed by atoms with E-state index in [9.17, 15) is 14.0 Å². The van der Waals surface area contributed by atoms with E-state index in [1.54, 1.807) is 51.4 Å². The van der Waals surface area contributed by atoms with Crippen molar-refractivity contribution >= 4 is 34.2 Å². The summed E-state index contributed by atoms with van der Waals surface area (Å²) in [5.41, 5.74) is 2.88. The Labute approximate surface area is 204 Å². The van der Waals surface area contributed by atoms with Gasteiger partial charge in [-0.25, -0.2) is 4.39 Å². The van der Waals surface area contributed by atoms with E-state index in [-0.39, 0.29) is 29.5 Å². The van der Waals surface area contributed by atoms with E-state index in [2.05, 4.69) is 16.8 Å². The molecule has 176 valence electrons. The van der Waals surface area contributed by atoms with Gasteiger partial charge in [-0.05, 0) is 44.2 Å². The van der Waals surface area contributed by atoms with Crippen molar-refractivity contribution in [3.63, 3.8) is 0 Å². The van der Waals surface area contributed by atoms with Crippen LogP contribution in [-0.4, -0.2) is 35.3 Å². The van der Waals surface area contributed by atoms with Crippen LogP contribution in [0.4, 0.5) is 4.39 Å². The van der Waals surface area contributed by atoms with Gasteiger partial charge in [-0.3, -0.25) is 18.6 Å². The molecule has 2 aromatic carbocycles. The predicted molar refractivity (Wildman–Crippen MR) is 135 cm³/mol. The normalized spacial score (nSPS) is 11.4. The predicted octanol–water partition coefficient (Wildman–Crippen LogP) is 4.75. The van der Waals surface area contributed by atoms with E-state index in [0.717, 1.165) is 5.69 Å². The summed E-state index contributed by atoms with van der Waals surface area (Å²) < 4.78 is 19.5. The van der Waals surface area contributed by atoms with Crippen molar-refractivity contribution in [2.75, 3.05) is 5.75 Å². The molecule has 0 N–H and O–H groups in total. The molecule has 3 heterocycles. The fourth-order valence-corrected chi connectivity index (χ4v) is 5.20. The van der Waals surface area contributed by atoms with Crippen LogP contribution in [0.25, 0.3) is 22.4 Å². The first-order valence-electron chi connectivity index (χ1n) is 11.0. The fourth-order valence-electron chi connectivity index (χ4n) is 4.38. The monoisotopic (exact) mass is 487 g/mol. The summed E-state index contributed by atoms with van der Waals surface area (Å²) in [6.45, 7) is 7.68. The molecule has 0 amide bonds. The molecule has 0 aliphatic rings. The lowest BCUT2D eigenvalue weighted by atomic mass is 10.2. The van der Waals surface area contributed by atoms with Gasteiger partial charge >= 0.3 is 0 Å². The largest absolute Gasteiger partial charge is 0.315 e. The summed E-state index contributed by atoms with van der Waals surface area (Å²) in [6.07, 6.45) is 1.63. The molecule has 35 heavy (non-hydrogen) atoms. The number of aromatic nitrogens is 5. The number of halogens is 1. The third-order valence-corrected chi connectivity index (χ3v) is 6.88. The number of aryl methyl sites for hydroxylation is 1. The second-order valence-corrected chi connectivity index (χ2v) is 9.07. The van der Waals surface area contributed by atoms with E-state index in [1.165, 1.54) is 22.4 Å². The fraction of sp³-hybridized carbons (Fsp3) is 0.154. The van der Waals surface area contributed by atoms with E-state index in [4.69, 9.17) is 0 Å². The summed E-state index contributed by atoms with van der Waals surface area (Å²) in [4.78, 5) is 26.2. The molecule has 3 aromatic heterocycles. The molecule has 0 atom stereocenters. The van der Waals surface area contributed by atoms with Gasteiger partial charge in [-0.15, -0.1) is 16.8 Å². The minimum absolute atomic E-state index is 0.105. The highest BCUT2D eigenvalue weighted by Gasteiger charge is 2.21. The maximum absolute atomic E-state index is 14.4. The number of rotatable bonds is 7. The lowest BCUT2D eigenvalue weighted by Gasteiger charge is -2.11. The van der Waals surface area contributed by atoms with Gasteiger partial charge in [0.2, 0.25) is 5.78 Å². The van der Waals surface area contributed by atoms with Crippen LogP contribution in [-0.2, 0) is 6.54 Å². The molecule has 7 nitrogen and oxygen atoms in total. The maximum atomic E-state index is 14.4. The van der Waals surface area contributed by atoms with Crippen LogP contribution in [0, 0.1) is 19.7 Å². The number of carbonyl (C=O) groups is 1. The number of nitrogens with zero attached hydrogens (tertiary/aromatic N) is 5. The van der Waals surface area contributed by atoms with Crippen molar-refractivity contribution in [3.05, 3.63) is 100 Å². The number of Topliss-reactive ketones (excluding diaryl/α,β-unsaturated/α-hetero) is 1. The third kappa shape index (κ3) is 3.77. The third-order valence-electron chi connectivity index (χ3n) is 5.95. The number of benzene rings is 2. The standard InChI is InChI=1S/C26H22FN5O2S/c1-4-13-30-24(34)18-9-5-7-11-21(18)32-25(30)28-29-26(32)35-15-23(33)19-14-16(2)31(17(19)3)22-12-8-6-10-20(22)27/h4-12,14H,1,13,15H2,2-3H3. The van der Waals surface area contributed by atoms with E-state index < -0.39 is 0 Å². The Balaban J connectivity index is 1.51. The first-order chi connectivity index (χ1) is 16.9. The smallest absolute Gasteiger partial charge is 0.263 e. The van der Waals surface area contributed by atoms with Crippen molar-refractivity contribution in [2.45, 2.75) is 25.5 Å². The average molecular weight is 488 g/mol. The molecule has 0 unspecified atom stereocenters. The number of para-hydroxylation sites is 2. The van der Waals surface area contributed by atoms with E-state index >= 15 is 0 Å². The number of hydrogen-bond donors (Lipinski definition) is 0. The van der Waals surface area contributed by atoms with Crippen LogP contribution in [0.3, 0.4) is 0 Å².